The molecule has 0 amide bonds. The number of halogens is 1. The maximum atomic E-state index is 6.04. The average molecular weight is 337 g/mol. The van der Waals surface area contributed by atoms with Gasteiger partial charge in [0.15, 0.2) is 5.76 Å². The second-order valence-electron chi connectivity index (χ2n) is 6.12. The first-order chi connectivity index (χ1) is 11.7. The van der Waals surface area contributed by atoms with Crippen molar-refractivity contribution in [2.75, 3.05) is 0 Å². The maximum absolute atomic E-state index is 6.04. The lowest BCUT2D eigenvalue weighted by Gasteiger charge is -2.15. The highest BCUT2D eigenvalue weighted by atomic mass is 35.5. The van der Waals surface area contributed by atoms with E-state index in [-0.39, 0.29) is 5.92 Å². The van der Waals surface area contributed by atoms with E-state index in [9.17, 15) is 0 Å². The molecule has 1 atom stereocenters. The van der Waals surface area contributed by atoms with Crippen LogP contribution in [0.4, 0.5) is 5.69 Å². The summed E-state index contributed by atoms with van der Waals surface area (Å²) in [6.07, 6.45) is 1.65. The minimum Gasteiger partial charge on any atom is -0.359 e. The summed E-state index contributed by atoms with van der Waals surface area (Å²) in [5, 5.41) is 4.86. The van der Waals surface area contributed by atoms with Gasteiger partial charge in [0, 0.05) is 17.2 Å². The minimum atomic E-state index is 0.287. The van der Waals surface area contributed by atoms with Gasteiger partial charge in [-0.1, -0.05) is 59.2 Å². The maximum Gasteiger partial charge on any atom is 0.163 e. The number of aryl methyl sites for hydroxylation is 1. The van der Waals surface area contributed by atoms with Crippen molar-refractivity contribution in [3.05, 3.63) is 82.2 Å². The Balaban J connectivity index is 1.80. The Morgan fingerprint density at radius 1 is 1.00 bits per heavy atom. The summed E-state index contributed by atoms with van der Waals surface area (Å²) >= 11 is 6.04. The summed E-state index contributed by atoms with van der Waals surface area (Å²) in [6, 6.07) is 18.4. The van der Waals surface area contributed by atoms with Gasteiger partial charge in [-0.3, -0.25) is 0 Å². The van der Waals surface area contributed by atoms with Gasteiger partial charge >= 0.3 is 0 Å². The molecule has 0 spiro atoms. The molecule has 4 rings (SSSR count). The molecule has 120 valence electrons. The normalized spacial score (nSPS) is 17.1. The first kappa shape index (κ1) is 15.2. The third-order valence-electron chi connectivity index (χ3n) is 4.47. The van der Waals surface area contributed by atoms with E-state index in [1.807, 2.05) is 37.3 Å². The number of aromatic nitrogens is 1. The van der Waals surface area contributed by atoms with E-state index in [4.69, 9.17) is 21.1 Å². The number of fused-ring (bicyclic) bond motifs is 1. The van der Waals surface area contributed by atoms with E-state index in [1.54, 1.807) is 0 Å². The van der Waals surface area contributed by atoms with Crippen LogP contribution in [0.1, 0.15) is 34.9 Å². The molecular formula is C20H17ClN2O. The largest absolute Gasteiger partial charge is 0.359 e. The van der Waals surface area contributed by atoms with Crippen LogP contribution in [0.2, 0.25) is 5.02 Å². The monoisotopic (exact) mass is 336 g/mol. The van der Waals surface area contributed by atoms with Gasteiger partial charge in [-0.2, -0.15) is 0 Å². The number of rotatable bonds is 2. The minimum absolute atomic E-state index is 0.287. The number of hydrogen-bond donors (Lipinski definition) is 0. The molecule has 1 aromatic heterocycles. The van der Waals surface area contributed by atoms with Crippen LogP contribution < -0.4 is 0 Å². The van der Waals surface area contributed by atoms with Gasteiger partial charge in [-0.25, -0.2) is 4.99 Å². The molecule has 0 radical (unpaired) electrons. The molecule has 2 heterocycles. The fraction of sp³-hybridized carbons (Fsp3) is 0.200. The van der Waals surface area contributed by atoms with Crippen LogP contribution in [-0.2, 0) is 6.42 Å². The molecule has 0 N–H and O–H groups in total. The molecule has 24 heavy (non-hydrogen) atoms. The summed E-state index contributed by atoms with van der Waals surface area (Å²) in [5.74, 6) is 1.15. The fourth-order valence-electron chi connectivity index (χ4n) is 3.18. The van der Waals surface area contributed by atoms with E-state index in [2.05, 4.69) is 29.4 Å². The van der Waals surface area contributed by atoms with Gasteiger partial charge in [0.05, 0.1) is 0 Å². The summed E-state index contributed by atoms with van der Waals surface area (Å²) in [4.78, 5) is 4.90. The Morgan fingerprint density at radius 3 is 2.50 bits per heavy atom. The van der Waals surface area contributed by atoms with Crippen molar-refractivity contribution in [1.29, 1.82) is 0 Å². The number of benzene rings is 2. The molecule has 0 saturated carbocycles. The average Bonchev–Trinajstić information content (AvgIpc) is 2.84. The Hall–Kier alpha value is -2.39. The van der Waals surface area contributed by atoms with Crippen molar-refractivity contribution in [3.63, 3.8) is 0 Å². The lowest BCUT2D eigenvalue weighted by atomic mass is 9.88. The topological polar surface area (TPSA) is 38.4 Å². The van der Waals surface area contributed by atoms with E-state index in [0.717, 1.165) is 46.3 Å². The van der Waals surface area contributed by atoms with E-state index < -0.39 is 0 Å². The third-order valence-corrected chi connectivity index (χ3v) is 4.72. The van der Waals surface area contributed by atoms with Gasteiger partial charge in [0.2, 0.25) is 0 Å². The predicted octanol–water partition coefficient (Wildman–Crippen LogP) is 5.49. The van der Waals surface area contributed by atoms with Crippen LogP contribution in [0.15, 0.2) is 64.1 Å². The van der Waals surface area contributed by atoms with Crippen molar-refractivity contribution in [2.24, 2.45) is 4.99 Å². The molecule has 0 aliphatic carbocycles. The molecule has 0 fully saturated rings. The Bertz CT molecular complexity index is 882. The Morgan fingerprint density at radius 2 is 1.75 bits per heavy atom. The van der Waals surface area contributed by atoms with Crippen LogP contribution in [-0.4, -0.2) is 10.9 Å². The number of aliphatic imine (C=N–C) groups is 1. The van der Waals surface area contributed by atoms with Crippen molar-refractivity contribution in [2.45, 2.75) is 25.7 Å². The molecule has 0 saturated heterocycles. The van der Waals surface area contributed by atoms with Crippen LogP contribution in [0.5, 0.6) is 0 Å². The molecule has 2 aromatic carbocycles. The Kier molecular flexibility index (Phi) is 3.95. The van der Waals surface area contributed by atoms with Gasteiger partial charge in [0.1, 0.15) is 11.4 Å². The standard InChI is InChI=1S/C20H17ClN2O/c1-13-20-19(24-23-13)12-16(14-7-9-17(21)10-8-14)11-18(22-20)15-5-3-2-4-6-15/h2-10,16H,11-12H2,1H3/t16-/m0/s1. The van der Waals surface area contributed by atoms with E-state index in [1.165, 1.54) is 5.56 Å². The summed E-state index contributed by atoms with van der Waals surface area (Å²) in [7, 11) is 0. The molecular weight excluding hydrogens is 320 g/mol. The van der Waals surface area contributed by atoms with Gasteiger partial charge in [-0.15, -0.1) is 0 Å². The lowest BCUT2D eigenvalue weighted by molar-refractivity contribution is 0.373. The molecule has 1 aliphatic heterocycles. The van der Waals surface area contributed by atoms with Crippen LogP contribution in [0.3, 0.4) is 0 Å². The highest BCUT2D eigenvalue weighted by molar-refractivity contribution is 6.30. The van der Waals surface area contributed by atoms with Crippen molar-refractivity contribution >= 4 is 23.0 Å². The number of nitrogens with zero attached hydrogens (tertiary/aromatic N) is 2. The molecule has 1 aliphatic rings. The summed E-state index contributed by atoms with van der Waals surface area (Å²) in [5.41, 5.74) is 5.18. The smallest absolute Gasteiger partial charge is 0.163 e. The van der Waals surface area contributed by atoms with Gasteiger partial charge < -0.3 is 4.52 Å². The van der Waals surface area contributed by atoms with Crippen LogP contribution in [0, 0.1) is 6.92 Å². The second-order valence-corrected chi connectivity index (χ2v) is 6.56. The zero-order chi connectivity index (χ0) is 16.5. The number of hydrogen-bond acceptors (Lipinski definition) is 3. The SMILES string of the molecule is Cc1noc2c1N=C(c1ccccc1)C[C@H](c1ccc(Cl)cc1)C2. The van der Waals surface area contributed by atoms with Crippen molar-refractivity contribution in [1.82, 2.24) is 5.16 Å². The highest BCUT2D eigenvalue weighted by Crippen LogP contribution is 2.36. The van der Waals surface area contributed by atoms with Crippen molar-refractivity contribution < 1.29 is 4.52 Å². The summed E-state index contributed by atoms with van der Waals surface area (Å²) < 4.78 is 5.54. The van der Waals surface area contributed by atoms with Crippen LogP contribution >= 0.6 is 11.6 Å². The highest BCUT2D eigenvalue weighted by Gasteiger charge is 2.25. The predicted molar refractivity (Wildman–Crippen MR) is 96.4 cm³/mol. The molecule has 4 heteroatoms. The lowest BCUT2D eigenvalue weighted by Crippen LogP contribution is -2.09. The van der Waals surface area contributed by atoms with E-state index >= 15 is 0 Å². The second kappa shape index (κ2) is 6.25. The molecule has 0 unspecified atom stereocenters. The van der Waals surface area contributed by atoms with Crippen LogP contribution in [0.25, 0.3) is 0 Å². The van der Waals surface area contributed by atoms with Gasteiger partial charge in [0.25, 0.3) is 0 Å². The quantitative estimate of drug-likeness (QED) is 0.620. The van der Waals surface area contributed by atoms with E-state index in [0.29, 0.717) is 0 Å². The van der Waals surface area contributed by atoms with Gasteiger partial charge in [-0.05, 0) is 42.5 Å². The molecule has 0 bridgehead atoms. The van der Waals surface area contributed by atoms with Crippen molar-refractivity contribution in [3.8, 4) is 0 Å². The zero-order valence-corrected chi connectivity index (χ0v) is 14.1. The Labute approximate surface area is 146 Å². The summed E-state index contributed by atoms with van der Waals surface area (Å²) in [6.45, 7) is 1.94. The molecule has 3 aromatic rings. The zero-order valence-electron chi connectivity index (χ0n) is 13.4. The fourth-order valence-corrected chi connectivity index (χ4v) is 3.31. The first-order valence-corrected chi connectivity index (χ1v) is 8.42. The third kappa shape index (κ3) is 2.87. The molecule has 3 nitrogen and oxygen atoms in total. The first-order valence-electron chi connectivity index (χ1n) is 8.04.